The molecule has 3 rings (SSSR count). The molecule has 0 radical (unpaired) electrons. The highest BCUT2D eigenvalue weighted by Crippen LogP contribution is 2.20. The molecule has 2 amide bonds. The number of rotatable bonds is 5. The summed E-state index contributed by atoms with van der Waals surface area (Å²) >= 11 is 0. The van der Waals surface area contributed by atoms with Crippen LogP contribution in [0.25, 0.3) is 0 Å². The number of hydrogen-bond acceptors (Lipinski definition) is 5. The van der Waals surface area contributed by atoms with Gasteiger partial charge in [-0.3, -0.25) is 4.98 Å². The first-order chi connectivity index (χ1) is 12.6. The SMILES string of the molecule is O=C(Nc1cccc(OC(F)F)c1)N[C@@H]1CCCN(c2cnccn2)C1. The number of piperidine rings is 1. The molecule has 0 saturated carbocycles. The molecule has 0 bridgehead atoms. The molecule has 1 aromatic heterocycles. The molecule has 1 aliphatic rings. The molecule has 0 aliphatic carbocycles. The summed E-state index contributed by atoms with van der Waals surface area (Å²) in [7, 11) is 0. The van der Waals surface area contributed by atoms with E-state index in [1.807, 2.05) is 0 Å². The number of carbonyl (C=O) groups excluding carboxylic acids is 1. The van der Waals surface area contributed by atoms with E-state index in [1.165, 1.54) is 18.2 Å². The van der Waals surface area contributed by atoms with Crippen molar-refractivity contribution in [3.05, 3.63) is 42.9 Å². The molecule has 26 heavy (non-hydrogen) atoms. The lowest BCUT2D eigenvalue weighted by atomic mass is 10.1. The Balaban J connectivity index is 1.54. The van der Waals surface area contributed by atoms with Crippen molar-refractivity contribution in [2.24, 2.45) is 0 Å². The van der Waals surface area contributed by atoms with E-state index in [2.05, 4.69) is 30.2 Å². The number of benzene rings is 1. The molecule has 0 spiro atoms. The summed E-state index contributed by atoms with van der Waals surface area (Å²) in [5.41, 5.74) is 0.377. The van der Waals surface area contributed by atoms with Crippen LogP contribution in [0.5, 0.6) is 5.75 Å². The monoisotopic (exact) mass is 363 g/mol. The van der Waals surface area contributed by atoms with Crippen molar-refractivity contribution in [2.45, 2.75) is 25.5 Å². The van der Waals surface area contributed by atoms with Gasteiger partial charge in [-0.15, -0.1) is 0 Å². The number of hydrogen-bond donors (Lipinski definition) is 2. The van der Waals surface area contributed by atoms with Gasteiger partial charge in [0.2, 0.25) is 0 Å². The largest absolute Gasteiger partial charge is 0.435 e. The first-order valence-corrected chi connectivity index (χ1v) is 8.23. The molecule has 2 N–H and O–H groups in total. The Hall–Kier alpha value is -2.97. The van der Waals surface area contributed by atoms with E-state index in [-0.39, 0.29) is 11.8 Å². The number of anilines is 2. The van der Waals surface area contributed by atoms with Gasteiger partial charge in [0.15, 0.2) is 0 Å². The minimum atomic E-state index is -2.91. The Kier molecular flexibility index (Phi) is 5.77. The predicted molar refractivity (Wildman–Crippen MR) is 92.5 cm³/mol. The van der Waals surface area contributed by atoms with Gasteiger partial charge in [0, 0.05) is 43.3 Å². The van der Waals surface area contributed by atoms with Crippen molar-refractivity contribution in [2.75, 3.05) is 23.3 Å². The van der Waals surface area contributed by atoms with E-state index in [0.717, 1.165) is 25.2 Å². The fourth-order valence-electron chi connectivity index (χ4n) is 2.86. The Morgan fingerprint density at radius 3 is 3.00 bits per heavy atom. The summed E-state index contributed by atoms with van der Waals surface area (Å²) in [4.78, 5) is 22.6. The lowest BCUT2D eigenvalue weighted by Crippen LogP contribution is -2.49. The topological polar surface area (TPSA) is 79.4 Å². The quantitative estimate of drug-likeness (QED) is 0.854. The molecular weight excluding hydrogens is 344 g/mol. The summed E-state index contributed by atoms with van der Waals surface area (Å²) < 4.78 is 28.9. The second-order valence-corrected chi connectivity index (χ2v) is 5.85. The number of ether oxygens (including phenoxy) is 1. The molecule has 138 valence electrons. The Labute approximate surface area is 149 Å². The number of carbonyl (C=O) groups is 1. The average Bonchev–Trinajstić information content (AvgIpc) is 2.62. The normalized spacial score (nSPS) is 17.0. The molecule has 0 unspecified atom stereocenters. The van der Waals surface area contributed by atoms with Crippen LogP contribution in [0.3, 0.4) is 0 Å². The number of nitrogens with zero attached hydrogens (tertiary/aromatic N) is 3. The Bertz CT molecular complexity index is 732. The van der Waals surface area contributed by atoms with Gasteiger partial charge in [-0.2, -0.15) is 8.78 Å². The zero-order valence-corrected chi connectivity index (χ0v) is 13.9. The molecule has 1 saturated heterocycles. The fourth-order valence-corrected chi connectivity index (χ4v) is 2.86. The minimum absolute atomic E-state index is 0.00991. The van der Waals surface area contributed by atoms with Crippen LogP contribution in [0.1, 0.15) is 12.8 Å². The third kappa shape index (κ3) is 5.01. The molecular formula is C17H19F2N5O2. The zero-order valence-electron chi connectivity index (χ0n) is 13.9. The highest BCUT2D eigenvalue weighted by atomic mass is 19.3. The Morgan fingerprint density at radius 2 is 2.23 bits per heavy atom. The van der Waals surface area contributed by atoms with Crippen LogP contribution in [0.4, 0.5) is 25.1 Å². The summed E-state index contributed by atoms with van der Waals surface area (Å²) in [5, 5.41) is 5.53. The van der Waals surface area contributed by atoms with E-state index >= 15 is 0 Å². The van der Waals surface area contributed by atoms with Crippen LogP contribution in [0, 0.1) is 0 Å². The summed E-state index contributed by atoms with van der Waals surface area (Å²) in [6.45, 7) is -1.43. The van der Waals surface area contributed by atoms with E-state index in [4.69, 9.17) is 0 Å². The van der Waals surface area contributed by atoms with Crippen LogP contribution in [-0.2, 0) is 0 Å². The van der Waals surface area contributed by atoms with Crippen LogP contribution >= 0.6 is 0 Å². The maximum absolute atomic E-state index is 12.3. The maximum atomic E-state index is 12.3. The first-order valence-electron chi connectivity index (χ1n) is 8.23. The van der Waals surface area contributed by atoms with Crippen molar-refractivity contribution in [1.29, 1.82) is 0 Å². The van der Waals surface area contributed by atoms with Crippen molar-refractivity contribution in [3.63, 3.8) is 0 Å². The summed E-state index contributed by atoms with van der Waals surface area (Å²) in [6, 6.07) is 5.43. The zero-order chi connectivity index (χ0) is 18.4. The number of nitrogens with one attached hydrogen (secondary N) is 2. The summed E-state index contributed by atoms with van der Waals surface area (Å²) in [5.74, 6) is 0.764. The maximum Gasteiger partial charge on any atom is 0.387 e. The van der Waals surface area contributed by atoms with Gasteiger partial charge >= 0.3 is 12.6 Å². The second kappa shape index (κ2) is 8.41. The molecule has 1 fully saturated rings. The van der Waals surface area contributed by atoms with Gasteiger partial charge in [0.1, 0.15) is 11.6 Å². The molecule has 7 nitrogen and oxygen atoms in total. The van der Waals surface area contributed by atoms with Crippen molar-refractivity contribution in [1.82, 2.24) is 15.3 Å². The van der Waals surface area contributed by atoms with Crippen molar-refractivity contribution in [3.8, 4) is 5.75 Å². The number of alkyl halides is 2. The standard InChI is InChI=1S/C17H19F2N5O2/c18-16(19)26-14-5-1-3-12(9-14)22-17(25)23-13-4-2-8-24(11-13)15-10-20-6-7-21-15/h1,3,5-7,9-10,13,16H,2,4,8,11H2,(H2,22,23,25)/t13-/m1/s1. The summed E-state index contributed by atoms with van der Waals surface area (Å²) in [6.07, 6.45) is 6.70. The van der Waals surface area contributed by atoms with Crippen LogP contribution in [0.2, 0.25) is 0 Å². The predicted octanol–water partition coefficient (Wildman–Crippen LogP) is 2.87. The molecule has 2 heterocycles. The van der Waals surface area contributed by atoms with Gasteiger partial charge in [-0.1, -0.05) is 6.07 Å². The van der Waals surface area contributed by atoms with E-state index < -0.39 is 12.6 Å². The van der Waals surface area contributed by atoms with Gasteiger partial charge in [-0.05, 0) is 25.0 Å². The molecule has 2 aromatic rings. The van der Waals surface area contributed by atoms with E-state index in [0.29, 0.717) is 12.2 Å². The van der Waals surface area contributed by atoms with E-state index in [1.54, 1.807) is 24.7 Å². The molecule has 1 aliphatic heterocycles. The fraction of sp³-hybridized carbons (Fsp3) is 0.353. The smallest absolute Gasteiger partial charge is 0.387 e. The van der Waals surface area contributed by atoms with Gasteiger partial charge in [-0.25, -0.2) is 9.78 Å². The van der Waals surface area contributed by atoms with Crippen molar-refractivity contribution >= 4 is 17.5 Å². The van der Waals surface area contributed by atoms with Gasteiger partial charge in [0.05, 0.1) is 6.20 Å². The molecule has 1 aromatic carbocycles. The third-order valence-electron chi connectivity index (χ3n) is 3.95. The third-order valence-corrected chi connectivity index (χ3v) is 3.95. The van der Waals surface area contributed by atoms with Gasteiger partial charge < -0.3 is 20.3 Å². The molecule has 1 atom stereocenters. The molecule has 9 heteroatoms. The number of amides is 2. The highest BCUT2D eigenvalue weighted by molar-refractivity contribution is 5.89. The van der Waals surface area contributed by atoms with Crippen LogP contribution in [0.15, 0.2) is 42.9 Å². The van der Waals surface area contributed by atoms with Crippen molar-refractivity contribution < 1.29 is 18.3 Å². The van der Waals surface area contributed by atoms with E-state index in [9.17, 15) is 13.6 Å². The lowest BCUT2D eigenvalue weighted by molar-refractivity contribution is -0.0497. The first kappa shape index (κ1) is 17.8. The highest BCUT2D eigenvalue weighted by Gasteiger charge is 2.22. The average molecular weight is 363 g/mol. The minimum Gasteiger partial charge on any atom is -0.435 e. The Morgan fingerprint density at radius 1 is 1.35 bits per heavy atom. The number of aromatic nitrogens is 2. The van der Waals surface area contributed by atoms with Crippen LogP contribution < -0.4 is 20.3 Å². The van der Waals surface area contributed by atoms with Gasteiger partial charge in [0.25, 0.3) is 0 Å². The number of halogens is 2. The number of urea groups is 1. The van der Waals surface area contributed by atoms with Crippen LogP contribution in [-0.4, -0.2) is 41.7 Å². The second-order valence-electron chi connectivity index (χ2n) is 5.85. The lowest BCUT2D eigenvalue weighted by Gasteiger charge is -2.33.